The molecule has 1 aliphatic rings. The summed E-state index contributed by atoms with van der Waals surface area (Å²) >= 11 is 6.11. The van der Waals surface area contributed by atoms with Crippen LogP contribution in [-0.2, 0) is 9.36 Å². The molecule has 10 heteroatoms. The van der Waals surface area contributed by atoms with E-state index in [0.717, 1.165) is 22.5 Å². The van der Waals surface area contributed by atoms with Crippen LogP contribution in [0.5, 0.6) is 0 Å². The van der Waals surface area contributed by atoms with E-state index in [1.165, 1.54) is 0 Å². The number of fused-ring (bicyclic) bond motifs is 1. The average Bonchev–Trinajstić information content (AvgIpc) is 2.65. The summed E-state index contributed by atoms with van der Waals surface area (Å²) in [6, 6.07) is 15.3. The van der Waals surface area contributed by atoms with Crippen molar-refractivity contribution in [2.24, 2.45) is 4.99 Å². The molecule has 1 amide bonds. The molecule has 0 aromatic heterocycles. The van der Waals surface area contributed by atoms with Gasteiger partial charge >= 0.3 is 59.2 Å². The van der Waals surface area contributed by atoms with E-state index in [1.54, 1.807) is 18.0 Å². The van der Waals surface area contributed by atoms with E-state index < -0.39 is 7.82 Å². The van der Waals surface area contributed by atoms with Crippen molar-refractivity contribution in [2.75, 3.05) is 18.5 Å². The third-order valence-corrected chi connectivity index (χ3v) is 3.60. The molecular formula is C16H17ClKN2O5P. The van der Waals surface area contributed by atoms with Crippen LogP contribution < -0.4 is 4.90 Å². The van der Waals surface area contributed by atoms with Gasteiger partial charge in [-0.3, -0.25) is 9.79 Å². The molecule has 1 aliphatic heterocycles. The van der Waals surface area contributed by atoms with Crippen LogP contribution in [0.15, 0.2) is 53.5 Å². The third-order valence-electron chi connectivity index (χ3n) is 3.37. The van der Waals surface area contributed by atoms with Crippen molar-refractivity contribution in [2.45, 2.75) is 0 Å². The quantitative estimate of drug-likeness (QED) is 0.477. The monoisotopic (exact) mass is 422 g/mol. The Morgan fingerprint density at radius 3 is 2.27 bits per heavy atom. The van der Waals surface area contributed by atoms with Crippen LogP contribution in [0, 0.1) is 0 Å². The van der Waals surface area contributed by atoms with Crippen molar-refractivity contribution in [3.05, 3.63) is 64.7 Å². The zero-order valence-electron chi connectivity index (χ0n) is 13.2. The standard InChI is InChI=1S/C16H13ClN2O.K.H3O4P.H/c1-19-14-8-7-12(17)9-13(14)16(18-10-15(19)20)11-5-3-2-4-6-11;;1-5(2,3)4;/h2-9H,10H2,1H3;;(H3,1,2,3,4);. The van der Waals surface area contributed by atoms with Crippen LogP contribution >= 0.6 is 19.4 Å². The third kappa shape index (κ3) is 6.97. The number of carbonyl (C=O) groups excluding carboxylic acids is 1. The van der Waals surface area contributed by atoms with E-state index in [1.807, 2.05) is 42.5 Å². The van der Waals surface area contributed by atoms with E-state index in [4.69, 9.17) is 30.8 Å². The molecule has 0 radical (unpaired) electrons. The number of benzodiazepines with no additional fused rings is 1. The Morgan fingerprint density at radius 1 is 1.12 bits per heavy atom. The normalized spacial score (nSPS) is 13.5. The zero-order valence-corrected chi connectivity index (χ0v) is 14.9. The fourth-order valence-electron chi connectivity index (χ4n) is 2.31. The molecule has 3 N–H and O–H groups in total. The van der Waals surface area contributed by atoms with Gasteiger partial charge in [0.05, 0.1) is 11.4 Å². The van der Waals surface area contributed by atoms with Gasteiger partial charge in [0.25, 0.3) is 0 Å². The molecule has 7 nitrogen and oxygen atoms in total. The zero-order chi connectivity index (χ0) is 18.6. The summed E-state index contributed by atoms with van der Waals surface area (Å²) in [6.07, 6.45) is 0. The van der Waals surface area contributed by atoms with E-state index in [9.17, 15) is 4.79 Å². The number of phosphoric acid groups is 1. The second-order valence-electron chi connectivity index (χ2n) is 5.16. The summed E-state index contributed by atoms with van der Waals surface area (Å²) in [5.41, 5.74) is 3.51. The topological polar surface area (TPSA) is 110 Å². The van der Waals surface area contributed by atoms with Crippen LogP contribution in [0.4, 0.5) is 5.69 Å². The van der Waals surface area contributed by atoms with Crippen molar-refractivity contribution in [3.8, 4) is 0 Å². The molecule has 0 fully saturated rings. The minimum absolute atomic E-state index is 0. The van der Waals surface area contributed by atoms with Gasteiger partial charge in [-0.15, -0.1) is 0 Å². The number of aliphatic imine (C=N–C) groups is 1. The Hall–Kier alpha value is -0.384. The molecule has 0 saturated heterocycles. The number of halogens is 1. The number of nitrogens with zero attached hydrogens (tertiary/aromatic N) is 2. The predicted molar refractivity (Wildman–Crippen MR) is 103 cm³/mol. The van der Waals surface area contributed by atoms with E-state index >= 15 is 0 Å². The number of rotatable bonds is 1. The molecule has 2 aromatic rings. The number of amides is 1. The molecule has 0 saturated carbocycles. The van der Waals surface area contributed by atoms with Crippen LogP contribution in [0.2, 0.25) is 5.02 Å². The summed E-state index contributed by atoms with van der Waals surface area (Å²) in [5.74, 6) is -0.0282. The minimum atomic E-state index is -4.64. The number of likely N-dealkylation sites (N-methyl/N-ethyl adjacent to an activating group) is 1. The van der Waals surface area contributed by atoms with Crippen molar-refractivity contribution >= 4 is 88.1 Å². The van der Waals surface area contributed by atoms with Gasteiger partial charge in [-0.05, 0) is 18.2 Å². The first-order valence-corrected chi connectivity index (χ1v) is 9.06. The Labute approximate surface area is 198 Å². The molecule has 0 aliphatic carbocycles. The van der Waals surface area contributed by atoms with Crippen molar-refractivity contribution in [1.82, 2.24) is 0 Å². The van der Waals surface area contributed by atoms with Gasteiger partial charge in [0.2, 0.25) is 5.91 Å². The van der Waals surface area contributed by atoms with Crippen molar-refractivity contribution in [3.63, 3.8) is 0 Å². The van der Waals surface area contributed by atoms with Gasteiger partial charge in [-0.2, -0.15) is 0 Å². The molecule has 26 heavy (non-hydrogen) atoms. The first-order chi connectivity index (χ1) is 11.7. The molecule has 1 heterocycles. The van der Waals surface area contributed by atoms with E-state index in [0.29, 0.717) is 5.02 Å². The Kier molecular flexibility index (Phi) is 9.32. The van der Waals surface area contributed by atoms with Crippen LogP contribution in [0.1, 0.15) is 11.1 Å². The summed E-state index contributed by atoms with van der Waals surface area (Å²) in [5, 5.41) is 0.634. The fourth-order valence-corrected chi connectivity index (χ4v) is 2.48. The maximum atomic E-state index is 12.0. The number of anilines is 1. The number of carbonyl (C=O) groups is 1. The number of hydrogen-bond acceptors (Lipinski definition) is 3. The molecular weight excluding hydrogens is 406 g/mol. The molecule has 3 rings (SSSR count). The fraction of sp³-hybridized carbons (Fsp3) is 0.125. The van der Waals surface area contributed by atoms with Gasteiger partial charge in [-0.25, -0.2) is 4.57 Å². The van der Waals surface area contributed by atoms with E-state index in [2.05, 4.69) is 4.99 Å². The maximum absolute atomic E-state index is 12.0. The SMILES string of the molecule is CN1C(=O)CN=C(c2ccccc2)c2cc(Cl)ccc21.O=P(O)(O)O.[KH]. The molecule has 0 spiro atoms. The Morgan fingerprint density at radius 2 is 1.69 bits per heavy atom. The number of benzene rings is 2. The second-order valence-corrected chi connectivity index (χ2v) is 6.62. The Bertz CT molecular complexity index is 849. The van der Waals surface area contributed by atoms with Crippen LogP contribution in [0.3, 0.4) is 0 Å². The second kappa shape index (κ2) is 10.2. The molecule has 2 aromatic carbocycles. The van der Waals surface area contributed by atoms with Gasteiger partial charge in [0.1, 0.15) is 6.54 Å². The van der Waals surface area contributed by atoms with Gasteiger partial charge in [-0.1, -0.05) is 41.9 Å². The van der Waals surface area contributed by atoms with E-state index in [-0.39, 0.29) is 63.8 Å². The summed E-state index contributed by atoms with van der Waals surface area (Å²) in [6.45, 7) is 0.146. The first kappa shape index (κ1) is 23.7. The summed E-state index contributed by atoms with van der Waals surface area (Å²) in [4.78, 5) is 39.7. The van der Waals surface area contributed by atoms with Gasteiger partial charge in [0, 0.05) is 23.2 Å². The summed E-state index contributed by atoms with van der Waals surface area (Å²) < 4.78 is 8.88. The Balaban J connectivity index is 0.000000501. The molecule has 0 atom stereocenters. The average molecular weight is 423 g/mol. The number of hydrogen-bond donors (Lipinski definition) is 3. The molecule has 0 unspecified atom stereocenters. The molecule has 0 bridgehead atoms. The van der Waals surface area contributed by atoms with Crippen molar-refractivity contribution in [1.29, 1.82) is 0 Å². The predicted octanol–water partition coefficient (Wildman–Crippen LogP) is 1.58. The van der Waals surface area contributed by atoms with Gasteiger partial charge in [0.15, 0.2) is 0 Å². The first-order valence-electron chi connectivity index (χ1n) is 7.11. The molecule has 134 valence electrons. The van der Waals surface area contributed by atoms with Crippen LogP contribution in [0.25, 0.3) is 0 Å². The van der Waals surface area contributed by atoms with Crippen LogP contribution in [-0.4, -0.2) is 91.3 Å². The van der Waals surface area contributed by atoms with Crippen molar-refractivity contribution < 1.29 is 24.0 Å². The van der Waals surface area contributed by atoms with Gasteiger partial charge < -0.3 is 19.6 Å². The summed E-state index contributed by atoms with van der Waals surface area (Å²) in [7, 11) is -2.88.